The third kappa shape index (κ3) is 24.7. The smallest absolute Gasteiger partial charge is 0.469 e. The van der Waals surface area contributed by atoms with Crippen molar-refractivity contribution < 1.29 is 28.8 Å². The number of unbranched alkanes of at least 4 members (excludes halogenated alkanes) is 5. The second kappa shape index (κ2) is 13.0. The molecule has 0 atom stereocenters. The fourth-order valence-electron chi connectivity index (χ4n) is 1.22. The number of hydrogen-bond donors (Lipinski definition) is 3. The minimum Gasteiger partial charge on any atom is -0.481 e. The molecule has 0 aromatic heterocycles. The Hall–Kier alpha value is -0.420. The molecule has 0 aromatic rings. The Balaban J connectivity index is 0. The molecule has 0 aliphatic carbocycles. The molecule has 7 heteroatoms. The maximum Gasteiger partial charge on any atom is 0.469 e. The van der Waals surface area contributed by atoms with Crippen molar-refractivity contribution in [3.05, 3.63) is 0 Å². The van der Waals surface area contributed by atoms with Gasteiger partial charge >= 0.3 is 13.8 Å². The highest BCUT2D eigenvalue weighted by molar-refractivity contribution is 7.46. The number of rotatable bonds is 9. The molecule has 0 saturated carbocycles. The Morgan fingerprint density at radius 2 is 1.56 bits per heavy atom. The van der Waals surface area contributed by atoms with Crippen molar-refractivity contribution in [1.82, 2.24) is 0 Å². The van der Waals surface area contributed by atoms with Crippen LogP contribution in [-0.4, -0.2) is 27.5 Å². The topological polar surface area (TPSA) is 104 Å². The van der Waals surface area contributed by atoms with E-state index >= 15 is 0 Å². The number of carboxylic acids is 1. The van der Waals surface area contributed by atoms with Crippen LogP contribution < -0.4 is 0 Å². The summed E-state index contributed by atoms with van der Waals surface area (Å²) in [5.41, 5.74) is 0. The Morgan fingerprint density at radius 3 is 1.89 bits per heavy atom. The molecule has 3 N–H and O–H groups in total. The van der Waals surface area contributed by atoms with Gasteiger partial charge in [-0.05, 0) is 13.3 Å². The Labute approximate surface area is 109 Å². The highest BCUT2D eigenvalue weighted by Crippen LogP contribution is 2.34. The first-order chi connectivity index (χ1) is 8.33. The molecule has 0 unspecified atom stereocenters. The van der Waals surface area contributed by atoms with Crippen LogP contribution in [0.15, 0.2) is 0 Å². The Kier molecular flexibility index (Phi) is 14.4. The standard InChI is InChI=1S/C9H18O2.C2H7O4P/c1-2-3-4-5-6-7-8-9(10)11;1-2-6-7(3,4)5/h2-8H2,1H3,(H,10,11);2H2,1H3,(H2,3,4,5). The van der Waals surface area contributed by atoms with Crippen LogP contribution >= 0.6 is 7.82 Å². The predicted molar refractivity (Wildman–Crippen MR) is 69.3 cm³/mol. The van der Waals surface area contributed by atoms with Crippen molar-refractivity contribution >= 4 is 13.8 Å². The van der Waals surface area contributed by atoms with Crippen LogP contribution in [0.3, 0.4) is 0 Å². The van der Waals surface area contributed by atoms with E-state index in [4.69, 9.17) is 14.9 Å². The highest BCUT2D eigenvalue weighted by atomic mass is 31.2. The van der Waals surface area contributed by atoms with Gasteiger partial charge < -0.3 is 14.9 Å². The molecule has 0 amide bonds. The fraction of sp³-hybridized carbons (Fsp3) is 0.909. The third-order valence-electron chi connectivity index (χ3n) is 2.04. The SMILES string of the molecule is CCCCCCCCC(=O)O.CCOP(=O)(O)O. The molecular formula is C11H25O6P. The lowest BCUT2D eigenvalue weighted by molar-refractivity contribution is -0.137. The van der Waals surface area contributed by atoms with Gasteiger partial charge in [0.15, 0.2) is 0 Å². The van der Waals surface area contributed by atoms with Crippen LogP contribution in [0.4, 0.5) is 0 Å². The fourth-order valence-corrected chi connectivity index (χ4v) is 1.56. The largest absolute Gasteiger partial charge is 0.481 e. The molecule has 0 rings (SSSR count). The summed E-state index contributed by atoms with van der Waals surface area (Å²) in [7, 11) is -4.17. The van der Waals surface area contributed by atoms with Gasteiger partial charge in [-0.1, -0.05) is 39.0 Å². The van der Waals surface area contributed by atoms with Gasteiger partial charge in [-0.15, -0.1) is 0 Å². The van der Waals surface area contributed by atoms with Gasteiger partial charge in [0, 0.05) is 6.42 Å². The lowest BCUT2D eigenvalue weighted by Crippen LogP contribution is -1.93. The number of phosphoric acid groups is 1. The molecule has 0 fully saturated rings. The number of carboxylic acid groups (broad SMARTS) is 1. The number of aliphatic carboxylic acids is 1. The quantitative estimate of drug-likeness (QED) is 0.444. The Morgan fingerprint density at radius 1 is 1.06 bits per heavy atom. The van der Waals surface area contributed by atoms with Crippen molar-refractivity contribution in [1.29, 1.82) is 0 Å². The van der Waals surface area contributed by atoms with Gasteiger partial charge in [0.1, 0.15) is 0 Å². The van der Waals surface area contributed by atoms with E-state index in [2.05, 4.69) is 11.4 Å². The van der Waals surface area contributed by atoms with Crippen LogP contribution in [0.5, 0.6) is 0 Å². The zero-order valence-electron chi connectivity index (χ0n) is 11.2. The lowest BCUT2D eigenvalue weighted by Gasteiger charge is -1.98. The highest BCUT2D eigenvalue weighted by Gasteiger charge is 2.10. The van der Waals surface area contributed by atoms with Crippen LogP contribution in [-0.2, 0) is 13.9 Å². The maximum absolute atomic E-state index is 10.1. The molecule has 0 aromatic carbocycles. The van der Waals surface area contributed by atoms with Gasteiger partial charge in [0.05, 0.1) is 6.61 Å². The minimum atomic E-state index is -4.17. The third-order valence-corrected chi connectivity index (χ3v) is 2.64. The summed E-state index contributed by atoms with van der Waals surface area (Å²) < 4.78 is 13.6. The van der Waals surface area contributed by atoms with Gasteiger partial charge in [-0.25, -0.2) is 4.57 Å². The first kappa shape index (κ1) is 19.9. The molecule has 0 heterocycles. The van der Waals surface area contributed by atoms with Crippen molar-refractivity contribution in [3.63, 3.8) is 0 Å². The summed E-state index contributed by atoms with van der Waals surface area (Å²) in [5, 5.41) is 8.32. The van der Waals surface area contributed by atoms with E-state index in [9.17, 15) is 9.36 Å². The molecule has 110 valence electrons. The van der Waals surface area contributed by atoms with E-state index in [1.807, 2.05) is 0 Å². The van der Waals surface area contributed by atoms with E-state index < -0.39 is 13.8 Å². The zero-order chi connectivity index (χ0) is 14.4. The average Bonchev–Trinajstić information content (AvgIpc) is 2.22. The van der Waals surface area contributed by atoms with Crippen LogP contribution in [0, 0.1) is 0 Å². The van der Waals surface area contributed by atoms with Crippen LogP contribution in [0.2, 0.25) is 0 Å². The monoisotopic (exact) mass is 284 g/mol. The first-order valence-electron chi connectivity index (χ1n) is 6.25. The van der Waals surface area contributed by atoms with Crippen molar-refractivity contribution in [2.75, 3.05) is 6.61 Å². The molecule has 0 spiro atoms. The molecule has 18 heavy (non-hydrogen) atoms. The van der Waals surface area contributed by atoms with Gasteiger partial charge in [-0.2, -0.15) is 0 Å². The minimum absolute atomic E-state index is 0.0459. The normalized spacial score (nSPS) is 10.7. The van der Waals surface area contributed by atoms with E-state index in [0.717, 1.165) is 12.8 Å². The Bertz CT molecular complexity index is 238. The van der Waals surface area contributed by atoms with Crippen LogP contribution in [0.1, 0.15) is 58.8 Å². The number of phosphoric ester groups is 1. The van der Waals surface area contributed by atoms with E-state index in [-0.39, 0.29) is 6.61 Å². The molecular weight excluding hydrogens is 259 g/mol. The van der Waals surface area contributed by atoms with Crippen molar-refractivity contribution in [2.45, 2.75) is 58.8 Å². The van der Waals surface area contributed by atoms with E-state index in [1.165, 1.54) is 32.6 Å². The first-order valence-corrected chi connectivity index (χ1v) is 7.78. The maximum atomic E-state index is 10.1. The summed E-state index contributed by atoms with van der Waals surface area (Å²) in [6.07, 6.45) is 7.25. The summed E-state index contributed by atoms with van der Waals surface area (Å²) in [4.78, 5) is 25.9. The molecule has 0 aliphatic heterocycles. The van der Waals surface area contributed by atoms with Gasteiger partial charge in [-0.3, -0.25) is 9.32 Å². The number of carbonyl (C=O) groups is 1. The molecule has 0 saturated heterocycles. The molecule has 0 radical (unpaired) electrons. The summed E-state index contributed by atoms with van der Waals surface area (Å²) in [6.45, 7) is 3.74. The second-order valence-corrected chi connectivity index (χ2v) is 5.06. The molecule has 0 aliphatic rings. The molecule has 0 bridgehead atoms. The lowest BCUT2D eigenvalue weighted by atomic mass is 10.1. The second-order valence-electron chi connectivity index (χ2n) is 3.82. The van der Waals surface area contributed by atoms with E-state index in [0.29, 0.717) is 6.42 Å². The van der Waals surface area contributed by atoms with Crippen molar-refractivity contribution in [3.8, 4) is 0 Å². The summed E-state index contributed by atoms with van der Waals surface area (Å²) in [5.74, 6) is -0.666. The van der Waals surface area contributed by atoms with Crippen molar-refractivity contribution in [2.24, 2.45) is 0 Å². The van der Waals surface area contributed by atoms with Crippen LogP contribution in [0.25, 0.3) is 0 Å². The predicted octanol–water partition coefficient (Wildman–Crippen LogP) is 2.94. The summed E-state index contributed by atoms with van der Waals surface area (Å²) >= 11 is 0. The average molecular weight is 284 g/mol. The van der Waals surface area contributed by atoms with Gasteiger partial charge in [0.2, 0.25) is 0 Å². The summed E-state index contributed by atoms with van der Waals surface area (Å²) in [6, 6.07) is 0. The number of hydrogen-bond acceptors (Lipinski definition) is 3. The van der Waals surface area contributed by atoms with Gasteiger partial charge in [0.25, 0.3) is 0 Å². The molecule has 6 nitrogen and oxygen atoms in total. The zero-order valence-corrected chi connectivity index (χ0v) is 12.1. The van der Waals surface area contributed by atoms with E-state index in [1.54, 1.807) is 0 Å².